The molecule has 0 radical (unpaired) electrons. The van der Waals surface area contributed by atoms with Gasteiger partial charge in [0.25, 0.3) is 0 Å². The van der Waals surface area contributed by atoms with Crippen LogP contribution in [0, 0.1) is 0 Å². The number of allylic oxidation sites excluding steroid dienone is 4. The fourth-order valence-corrected chi connectivity index (χ4v) is 7.10. The lowest BCUT2D eigenvalue weighted by Gasteiger charge is -2.22. The zero-order chi connectivity index (χ0) is 39.4. The van der Waals surface area contributed by atoms with E-state index in [1.807, 2.05) is 6.08 Å². The number of aliphatic hydroxyl groups excluding tert-OH is 2. The van der Waals surface area contributed by atoms with Gasteiger partial charge in [0.1, 0.15) is 0 Å². The molecule has 0 saturated carbocycles. The van der Waals surface area contributed by atoms with Gasteiger partial charge in [0.2, 0.25) is 5.91 Å². The number of nitrogens with one attached hydrogen (secondary N) is 1. The number of carbonyl (C=O) groups is 2. The van der Waals surface area contributed by atoms with Crippen molar-refractivity contribution in [1.29, 1.82) is 0 Å². The monoisotopic (exact) mass is 762 g/mol. The Bertz CT molecular complexity index is 843. The molecule has 0 rings (SSSR count). The first-order valence-electron chi connectivity index (χ1n) is 23.6. The smallest absolute Gasteiger partial charge is 0.305 e. The highest BCUT2D eigenvalue weighted by Gasteiger charge is 2.19. The number of unbranched alkanes of at least 4 members (excludes halogenated alkanes) is 28. The molecular weight excluding hydrogens is 671 g/mol. The summed E-state index contributed by atoms with van der Waals surface area (Å²) in [5, 5.41) is 23.0. The first-order chi connectivity index (χ1) is 26.5. The highest BCUT2D eigenvalue weighted by atomic mass is 16.5. The van der Waals surface area contributed by atoms with Crippen LogP contribution in [0.5, 0.6) is 0 Å². The highest BCUT2D eigenvalue weighted by molar-refractivity contribution is 5.76. The Kier molecular flexibility index (Phi) is 42.7. The van der Waals surface area contributed by atoms with Gasteiger partial charge in [0, 0.05) is 12.8 Å². The number of aliphatic hydroxyl groups is 2. The van der Waals surface area contributed by atoms with Crippen LogP contribution in [-0.4, -0.2) is 47.4 Å². The molecule has 3 N–H and O–H groups in total. The van der Waals surface area contributed by atoms with E-state index in [-0.39, 0.29) is 18.5 Å². The van der Waals surface area contributed by atoms with Crippen LogP contribution in [0.4, 0.5) is 0 Å². The van der Waals surface area contributed by atoms with Crippen LogP contribution in [0.2, 0.25) is 0 Å². The van der Waals surface area contributed by atoms with Crippen LogP contribution in [0.15, 0.2) is 24.3 Å². The van der Waals surface area contributed by atoms with Crippen LogP contribution in [0.1, 0.15) is 245 Å². The normalized spacial score (nSPS) is 12.9. The molecule has 2 atom stereocenters. The van der Waals surface area contributed by atoms with E-state index in [4.69, 9.17) is 4.74 Å². The van der Waals surface area contributed by atoms with Crippen molar-refractivity contribution in [3.8, 4) is 0 Å². The summed E-state index contributed by atoms with van der Waals surface area (Å²) in [5.41, 5.74) is 0. The molecule has 0 saturated heterocycles. The molecule has 6 nitrogen and oxygen atoms in total. The maximum absolute atomic E-state index is 12.3. The van der Waals surface area contributed by atoms with Crippen molar-refractivity contribution in [1.82, 2.24) is 5.32 Å². The number of rotatable bonds is 43. The molecule has 0 fully saturated rings. The lowest BCUT2D eigenvalue weighted by Crippen LogP contribution is -2.45. The summed E-state index contributed by atoms with van der Waals surface area (Å²) in [6.07, 6.45) is 50.1. The van der Waals surface area contributed by atoms with E-state index >= 15 is 0 Å². The van der Waals surface area contributed by atoms with Gasteiger partial charge in [-0.3, -0.25) is 9.59 Å². The molecule has 318 valence electrons. The number of ether oxygens (including phenoxy) is 1. The minimum Gasteiger partial charge on any atom is -0.466 e. The summed E-state index contributed by atoms with van der Waals surface area (Å²) >= 11 is 0. The van der Waals surface area contributed by atoms with Gasteiger partial charge in [0.05, 0.1) is 25.4 Å². The zero-order valence-electron chi connectivity index (χ0n) is 36.0. The Morgan fingerprint density at radius 2 is 0.944 bits per heavy atom. The predicted molar refractivity (Wildman–Crippen MR) is 232 cm³/mol. The standard InChI is InChI=1S/C48H91NO5/c1-3-5-7-9-11-13-15-17-22-26-30-34-38-42-48(53)54-43-39-35-31-27-23-19-16-18-21-25-29-33-37-41-47(52)49-45(44-50)46(51)40-36-32-28-24-20-14-12-10-8-6-4-2/h18,21,29,33,45-46,50-51H,3-17,19-20,22-28,30-32,34-44H2,1-2H3,(H,49,52)/b21-18-,33-29-. The van der Waals surface area contributed by atoms with Crippen LogP contribution in [0.3, 0.4) is 0 Å². The second-order valence-corrected chi connectivity index (χ2v) is 16.1. The third kappa shape index (κ3) is 40.0. The second kappa shape index (κ2) is 44.1. The quantitative estimate of drug-likeness (QED) is 0.0327. The molecule has 0 aromatic carbocycles. The summed E-state index contributed by atoms with van der Waals surface area (Å²) in [7, 11) is 0. The third-order valence-electron chi connectivity index (χ3n) is 10.8. The number of hydrogen-bond donors (Lipinski definition) is 3. The SMILES string of the molecule is CCCCCCCCCCCCCCCC(=O)OCCCCCCCC/C=C\C/C=C\CCC(=O)NC(CO)C(O)CCCCCCCCCCCCC. The van der Waals surface area contributed by atoms with Crippen LogP contribution in [-0.2, 0) is 14.3 Å². The van der Waals surface area contributed by atoms with Crippen molar-refractivity contribution in [2.75, 3.05) is 13.2 Å². The molecular formula is C48H91NO5. The molecule has 0 aromatic rings. The predicted octanol–water partition coefficient (Wildman–Crippen LogP) is 13.6. The number of carbonyl (C=O) groups excluding carboxylic acids is 2. The van der Waals surface area contributed by atoms with Gasteiger partial charge in [-0.2, -0.15) is 0 Å². The van der Waals surface area contributed by atoms with Gasteiger partial charge in [-0.25, -0.2) is 0 Å². The Morgan fingerprint density at radius 3 is 1.44 bits per heavy atom. The summed E-state index contributed by atoms with van der Waals surface area (Å²) in [4.78, 5) is 24.3. The van der Waals surface area contributed by atoms with E-state index < -0.39 is 12.1 Å². The van der Waals surface area contributed by atoms with E-state index in [2.05, 4.69) is 37.4 Å². The van der Waals surface area contributed by atoms with Gasteiger partial charge >= 0.3 is 5.97 Å². The topological polar surface area (TPSA) is 95.9 Å². The average molecular weight is 762 g/mol. The van der Waals surface area contributed by atoms with Crippen molar-refractivity contribution in [3.63, 3.8) is 0 Å². The van der Waals surface area contributed by atoms with Crippen molar-refractivity contribution in [2.24, 2.45) is 0 Å². The fourth-order valence-electron chi connectivity index (χ4n) is 7.10. The molecule has 0 heterocycles. The van der Waals surface area contributed by atoms with Gasteiger partial charge < -0.3 is 20.3 Å². The molecule has 2 unspecified atom stereocenters. The Labute approximate surface area is 335 Å². The Morgan fingerprint density at radius 1 is 0.519 bits per heavy atom. The van der Waals surface area contributed by atoms with Gasteiger partial charge in [-0.05, 0) is 44.9 Å². The lowest BCUT2D eigenvalue weighted by molar-refractivity contribution is -0.143. The highest BCUT2D eigenvalue weighted by Crippen LogP contribution is 2.15. The van der Waals surface area contributed by atoms with Crippen LogP contribution in [0.25, 0.3) is 0 Å². The molecule has 0 aliphatic rings. The molecule has 0 bridgehead atoms. The molecule has 0 aliphatic heterocycles. The zero-order valence-corrected chi connectivity index (χ0v) is 36.0. The summed E-state index contributed by atoms with van der Waals surface area (Å²) < 4.78 is 5.44. The minimum absolute atomic E-state index is 0.0162. The van der Waals surface area contributed by atoms with Crippen molar-refractivity contribution in [3.05, 3.63) is 24.3 Å². The Hall–Kier alpha value is -1.66. The maximum Gasteiger partial charge on any atom is 0.305 e. The van der Waals surface area contributed by atoms with Crippen molar-refractivity contribution >= 4 is 11.9 Å². The lowest BCUT2D eigenvalue weighted by atomic mass is 10.0. The van der Waals surface area contributed by atoms with E-state index in [9.17, 15) is 19.8 Å². The number of esters is 1. The molecule has 0 aromatic heterocycles. The van der Waals surface area contributed by atoms with E-state index in [0.717, 1.165) is 51.4 Å². The summed E-state index contributed by atoms with van der Waals surface area (Å²) in [6, 6.07) is -0.583. The first kappa shape index (κ1) is 52.3. The number of hydrogen-bond acceptors (Lipinski definition) is 5. The van der Waals surface area contributed by atoms with Gasteiger partial charge in [-0.1, -0.05) is 212 Å². The maximum atomic E-state index is 12.3. The Balaban J connectivity index is 3.55. The molecule has 1 amide bonds. The third-order valence-corrected chi connectivity index (χ3v) is 10.8. The van der Waals surface area contributed by atoms with Crippen molar-refractivity contribution < 1.29 is 24.5 Å². The fraction of sp³-hybridized carbons (Fsp3) is 0.875. The molecule has 54 heavy (non-hydrogen) atoms. The average Bonchev–Trinajstić information content (AvgIpc) is 3.17. The van der Waals surface area contributed by atoms with Gasteiger partial charge in [0.15, 0.2) is 0 Å². The summed E-state index contributed by atoms with van der Waals surface area (Å²) in [6.45, 7) is 4.87. The molecule has 6 heteroatoms. The number of amides is 1. The minimum atomic E-state index is -0.696. The van der Waals surface area contributed by atoms with E-state index in [1.54, 1.807) is 0 Å². The van der Waals surface area contributed by atoms with Crippen LogP contribution >= 0.6 is 0 Å². The van der Waals surface area contributed by atoms with Crippen LogP contribution < -0.4 is 5.32 Å². The summed E-state index contributed by atoms with van der Waals surface area (Å²) in [5.74, 6) is -0.133. The first-order valence-corrected chi connectivity index (χ1v) is 23.6. The molecule has 0 aliphatic carbocycles. The van der Waals surface area contributed by atoms with Crippen molar-refractivity contribution in [2.45, 2.75) is 257 Å². The molecule has 0 spiro atoms. The van der Waals surface area contributed by atoms with E-state index in [1.165, 1.54) is 154 Å². The van der Waals surface area contributed by atoms with Gasteiger partial charge in [-0.15, -0.1) is 0 Å². The van der Waals surface area contributed by atoms with E-state index in [0.29, 0.717) is 32.3 Å². The second-order valence-electron chi connectivity index (χ2n) is 16.1. The largest absolute Gasteiger partial charge is 0.466 e.